The van der Waals surface area contributed by atoms with Crippen LogP contribution < -0.4 is 0 Å². The molecule has 0 aliphatic rings. The van der Waals surface area contributed by atoms with Crippen LogP contribution in [0.2, 0.25) is 0 Å². The summed E-state index contributed by atoms with van der Waals surface area (Å²) >= 11 is 0. The topological polar surface area (TPSA) is 101 Å². The third kappa shape index (κ3) is 4.61. The van der Waals surface area contributed by atoms with Gasteiger partial charge in [0.1, 0.15) is 4.90 Å². The number of hydrogen-bond donors (Lipinski definition) is 2. The molecular formula is C12H10F6O6S. The minimum atomic E-state index is -6.08. The van der Waals surface area contributed by atoms with Gasteiger partial charge in [0.25, 0.3) is 15.7 Å². The zero-order chi connectivity index (χ0) is 19.7. The normalized spacial score (nSPS) is 13.6. The summed E-state index contributed by atoms with van der Waals surface area (Å²) in [6.07, 6.45) is -14.2. The summed E-state index contributed by atoms with van der Waals surface area (Å²) in [5.74, 6) is -1.60. The zero-order valence-corrected chi connectivity index (χ0v) is 12.7. The fourth-order valence-corrected chi connectivity index (χ4v) is 2.35. The molecule has 0 fully saturated rings. The highest BCUT2D eigenvalue weighted by Crippen LogP contribution is 2.45. The van der Waals surface area contributed by atoms with Crippen molar-refractivity contribution in [1.82, 2.24) is 0 Å². The van der Waals surface area contributed by atoms with Crippen LogP contribution in [0.5, 0.6) is 0 Å². The minimum Gasteiger partial charge on any atom is -0.462 e. The lowest BCUT2D eigenvalue weighted by Crippen LogP contribution is -2.57. The van der Waals surface area contributed by atoms with E-state index < -0.39 is 57.5 Å². The largest absolute Gasteiger partial charge is 0.462 e. The molecule has 0 aromatic heterocycles. The van der Waals surface area contributed by atoms with Crippen molar-refractivity contribution in [2.24, 2.45) is 0 Å². The molecule has 0 saturated heterocycles. The second kappa shape index (κ2) is 6.80. The van der Waals surface area contributed by atoms with Gasteiger partial charge in [0.2, 0.25) is 0 Å². The lowest BCUT2D eigenvalue weighted by molar-refractivity contribution is -0.371. The number of ether oxygens (including phenoxy) is 1. The number of carbonyl (C=O) groups excluding carboxylic acids is 1. The van der Waals surface area contributed by atoms with E-state index in [2.05, 4.69) is 4.74 Å². The summed E-state index contributed by atoms with van der Waals surface area (Å²) in [4.78, 5) is 10.7. The van der Waals surface area contributed by atoms with Crippen LogP contribution in [0.25, 0.3) is 0 Å². The molecule has 142 valence electrons. The molecule has 1 rings (SSSR count). The van der Waals surface area contributed by atoms with E-state index in [1.165, 1.54) is 0 Å². The predicted molar refractivity (Wildman–Crippen MR) is 68.2 cm³/mol. The monoisotopic (exact) mass is 396 g/mol. The van der Waals surface area contributed by atoms with Crippen LogP contribution in [0, 0.1) is 0 Å². The molecule has 0 spiro atoms. The average molecular weight is 396 g/mol. The lowest BCUT2D eigenvalue weighted by Gasteiger charge is -2.32. The SMILES string of the molecule is O=C(OCCC(O)(C(F)(F)F)C(F)(F)F)c1ccccc1S(=O)(=O)O. The van der Waals surface area contributed by atoms with Gasteiger partial charge in [-0.25, -0.2) is 4.79 Å². The van der Waals surface area contributed by atoms with Crippen LogP contribution in [0.3, 0.4) is 0 Å². The van der Waals surface area contributed by atoms with Crippen LogP contribution in [0.15, 0.2) is 29.2 Å². The number of alkyl halides is 6. The summed E-state index contributed by atoms with van der Waals surface area (Å²) in [5, 5.41) is 8.87. The van der Waals surface area contributed by atoms with E-state index in [9.17, 15) is 39.6 Å². The molecule has 1 aromatic carbocycles. The third-order valence-corrected chi connectivity index (χ3v) is 3.93. The molecule has 0 aliphatic carbocycles. The van der Waals surface area contributed by atoms with E-state index >= 15 is 0 Å². The highest BCUT2D eigenvalue weighted by molar-refractivity contribution is 7.86. The molecule has 0 bridgehead atoms. The van der Waals surface area contributed by atoms with Crippen molar-refractivity contribution in [3.63, 3.8) is 0 Å². The zero-order valence-electron chi connectivity index (χ0n) is 11.9. The Balaban J connectivity index is 2.95. The molecule has 6 nitrogen and oxygen atoms in total. The Hall–Kier alpha value is -1.86. The molecule has 2 N–H and O–H groups in total. The molecule has 0 amide bonds. The predicted octanol–water partition coefficient (Wildman–Crippen LogP) is 2.34. The number of carbonyl (C=O) groups is 1. The summed E-state index contributed by atoms with van der Waals surface area (Å²) in [5.41, 5.74) is -5.91. The van der Waals surface area contributed by atoms with Crippen molar-refractivity contribution in [1.29, 1.82) is 0 Å². The first-order valence-electron chi connectivity index (χ1n) is 6.21. The Labute approximate surface area is 136 Å². The van der Waals surface area contributed by atoms with E-state index in [1.807, 2.05) is 0 Å². The highest BCUT2D eigenvalue weighted by Gasteiger charge is 2.70. The molecule has 13 heteroatoms. The van der Waals surface area contributed by atoms with Crippen molar-refractivity contribution in [3.05, 3.63) is 29.8 Å². The van der Waals surface area contributed by atoms with Crippen LogP contribution in [0.1, 0.15) is 16.8 Å². The quantitative estimate of drug-likeness (QED) is 0.450. The van der Waals surface area contributed by atoms with E-state index in [0.29, 0.717) is 0 Å². The van der Waals surface area contributed by atoms with E-state index in [-0.39, 0.29) is 0 Å². The van der Waals surface area contributed by atoms with Gasteiger partial charge in [-0.2, -0.15) is 34.8 Å². The first kappa shape index (κ1) is 21.2. The van der Waals surface area contributed by atoms with Crippen LogP contribution >= 0.6 is 0 Å². The molecule has 0 heterocycles. The van der Waals surface area contributed by atoms with E-state index in [1.54, 1.807) is 0 Å². The molecule has 25 heavy (non-hydrogen) atoms. The van der Waals surface area contributed by atoms with Gasteiger partial charge in [-0.1, -0.05) is 12.1 Å². The van der Waals surface area contributed by atoms with Crippen molar-refractivity contribution < 1.29 is 54.0 Å². The van der Waals surface area contributed by atoms with E-state index in [4.69, 9.17) is 9.66 Å². The maximum Gasteiger partial charge on any atom is 0.426 e. The molecule has 0 saturated carbocycles. The van der Waals surface area contributed by atoms with Crippen molar-refractivity contribution in [2.75, 3.05) is 6.61 Å². The Bertz CT molecular complexity index is 725. The number of halogens is 6. The van der Waals surface area contributed by atoms with Crippen LogP contribution in [0.4, 0.5) is 26.3 Å². The first-order chi connectivity index (χ1) is 11.1. The highest BCUT2D eigenvalue weighted by atomic mass is 32.2. The van der Waals surface area contributed by atoms with Gasteiger partial charge in [0.05, 0.1) is 12.2 Å². The molecule has 0 atom stereocenters. The third-order valence-electron chi connectivity index (χ3n) is 3.02. The van der Waals surface area contributed by atoms with Gasteiger partial charge in [-0.3, -0.25) is 4.55 Å². The standard InChI is InChI=1S/C12H10F6O6S/c13-11(14,15)10(20,12(16,17)18)5-6-24-9(19)7-3-1-2-4-8(7)25(21,22)23/h1-4,20H,5-6H2,(H,21,22,23). The second-order valence-electron chi connectivity index (χ2n) is 4.71. The summed E-state index contributed by atoms with van der Waals surface area (Å²) in [6.45, 7) is -1.52. The fraction of sp³-hybridized carbons (Fsp3) is 0.417. The number of rotatable bonds is 5. The number of esters is 1. The number of hydrogen-bond acceptors (Lipinski definition) is 5. The summed E-state index contributed by atoms with van der Waals surface area (Å²) in [7, 11) is -4.89. The van der Waals surface area contributed by atoms with Gasteiger partial charge in [-0.05, 0) is 12.1 Å². The minimum absolute atomic E-state index is 0.772. The fourth-order valence-electron chi connectivity index (χ4n) is 1.67. The van der Waals surface area contributed by atoms with E-state index in [0.717, 1.165) is 24.3 Å². The Morgan fingerprint density at radius 1 is 1.04 bits per heavy atom. The van der Waals surface area contributed by atoms with Crippen LogP contribution in [-0.2, 0) is 14.9 Å². The Kier molecular flexibility index (Phi) is 5.76. The van der Waals surface area contributed by atoms with Gasteiger partial charge < -0.3 is 9.84 Å². The maximum absolute atomic E-state index is 12.4. The average Bonchev–Trinajstić information content (AvgIpc) is 2.43. The van der Waals surface area contributed by atoms with Gasteiger partial charge in [-0.15, -0.1) is 0 Å². The lowest BCUT2D eigenvalue weighted by atomic mass is 9.99. The molecule has 0 aliphatic heterocycles. The summed E-state index contributed by atoms with van der Waals surface area (Å²) in [6, 6.07) is 3.82. The molecular weight excluding hydrogens is 386 g/mol. The van der Waals surface area contributed by atoms with Crippen molar-refractivity contribution in [2.45, 2.75) is 29.3 Å². The van der Waals surface area contributed by atoms with Gasteiger partial charge >= 0.3 is 18.3 Å². The van der Waals surface area contributed by atoms with Crippen LogP contribution in [-0.4, -0.2) is 48.6 Å². The smallest absolute Gasteiger partial charge is 0.426 e. The van der Waals surface area contributed by atoms with Crippen molar-refractivity contribution in [3.8, 4) is 0 Å². The van der Waals surface area contributed by atoms with Gasteiger partial charge in [0.15, 0.2) is 0 Å². The number of benzene rings is 1. The maximum atomic E-state index is 12.4. The molecule has 0 radical (unpaired) electrons. The van der Waals surface area contributed by atoms with Crippen molar-refractivity contribution >= 4 is 16.1 Å². The first-order valence-corrected chi connectivity index (χ1v) is 7.65. The number of aliphatic hydroxyl groups is 1. The summed E-state index contributed by atoms with van der Waals surface area (Å²) < 4.78 is 110. The second-order valence-corrected chi connectivity index (χ2v) is 6.10. The van der Waals surface area contributed by atoms with Gasteiger partial charge in [0, 0.05) is 6.42 Å². The Morgan fingerprint density at radius 2 is 1.52 bits per heavy atom. The molecule has 1 aromatic rings. The Morgan fingerprint density at radius 3 is 1.96 bits per heavy atom. The molecule has 0 unspecified atom stereocenters.